The van der Waals surface area contributed by atoms with Crippen LogP contribution in [-0.2, 0) is 11.3 Å². The summed E-state index contributed by atoms with van der Waals surface area (Å²) in [5.41, 5.74) is -0.843. The number of carbonyl (C=O) groups is 1. The summed E-state index contributed by atoms with van der Waals surface area (Å²) in [6.45, 7) is 8.09. The number of alkyl halides is 1. The van der Waals surface area contributed by atoms with E-state index in [2.05, 4.69) is 19.9 Å². The minimum absolute atomic E-state index is 0.0122. The average Bonchev–Trinajstić information content (AvgIpc) is 3.38. The Bertz CT molecular complexity index is 915. The van der Waals surface area contributed by atoms with E-state index in [1.165, 1.54) is 0 Å². The lowest BCUT2D eigenvalue weighted by molar-refractivity contribution is 0.0122. The van der Waals surface area contributed by atoms with E-state index in [4.69, 9.17) is 9.47 Å². The monoisotopic (exact) mass is 478 g/mol. The molecule has 4 aliphatic rings. The number of fused-ring (bicyclic) bond motifs is 3. The molecule has 2 bridgehead atoms. The van der Waals surface area contributed by atoms with Gasteiger partial charge in [0.2, 0.25) is 5.95 Å². The lowest BCUT2D eigenvalue weighted by Gasteiger charge is -2.41. The third-order valence-corrected chi connectivity index (χ3v) is 7.39. The van der Waals surface area contributed by atoms with Crippen molar-refractivity contribution in [1.29, 1.82) is 0 Å². The van der Waals surface area contributed by atoms with Crippen molar-refractivity contribution in [2.75, 3.05) is 37.7 Å². The molecule has 10 nitrogen and oxygen atoms in total. The molecule has 0 radical (unpaired) electrons. The van der Waals surface area contributed by atoms with Crippen molar-refractivity contribution in [2.24, 2.45) is 0 Å². The van der Waals surface area contributed by atoms with Crippen LogP contribution in [0.2, 0.25) is 0 Å². The minimum Gasteiger partial charge on any atom is -0.461 e. The number of anilines is 1. The maximum atomic E-state index is 14.1. The van der Waals surface area contributed by atoms with Gasteiger partial charge in [-0.1, -0.05) is 0 Å². The van der Waals surface area contributed by atoms with Crippen molar-refractivity contribution >= 4 is 12.0 Å². The first-order valence-electron chi connectivity index (χ1n) is 12.3. The summed E-state index contributed by atoms with van der Waals surface area (Å²) >= 11 is 0. The number of hydrogen-bond acceptors (Lipinski definition) is 9. The number of nitrogens with zero attached hydrogens (tertiary/aromatic N) is 6. The fourth-order valence-corrected chi connectivity index (χ4v) is 5.99. The van der Waals surface area contributed by atoms with E-state index in [9.17, 15) is 14.3 Å². The van der Waals surface area contributed by atoms with Gasteiger partial charge in [0, 0.05) is 26.1 Å². The molecule has 1 amide bonds. The van der Waals surface area contributed by atoms with Gasteiger partial charge < -0.3 is 19.5 Å². The van der Waals surface area contributed by atoms with Gasteiger partial charge in [0.25, 0.3) is 0 Å². The highest BCUT2D eigenvalue weighted by molar-refractivity contribution is 5.70. The third kappa shape index (κ3) is 4.51. The Morgan fingerprint density at radius 3 is 2.59 bits per heavy atom. The lowest BCUT2D eigenvalue weighted by Crippen LogP contribution is -2.57. The summed E-state index contributed by atoms with van der Waals surface area (Å²) in [4.78, 5) is 32.1. The van der Waals surface area contributed by atoms with E-state index in [0.29, 0.717) is 38.6 Å². The number of hydrogen-bond donors (Lipinski definition) is 1. The first kappa shape index (κ1) is 23.5. The van der Waals surface area contributed by atoms with Crippen molar-refractivity contribution in [1.82, 2.24) is 24.8 Å². The van der Waals surface area contributed by atoms with E-state index in [1.54, 1.807) is 0 Å². The summed E-state index contributed by atoms with van der Waals surface area (Å²) in [5.74, 6) is 0.669. The maximum Gasteiger partial charge on any atom is 0.410 e. The molecule has 5 heterocycles. The van der Waals surface area contributed by atoms with E-state index >= 15 is 0 Å². The molecule has 0 unspecified atom stereocenters. The van der Waals surface area contributed by atoms with Crippen LogP contribution in [0, 0.1) is 0 Å². The van der Waals surface area contributed by atoms with Crippen LogP contribution in [-0.4, -0.2) is 98.1 Å². The molecule has 4 fully saturated rings. The van der Waals surface area contributed by atoms with Gasteiger partial charge in [-0.25, -0.2) is 9.18 Å². The molecular formula is C23H35FN6O4. The van der Waals surface area contributed by atoms with Gasteiger partial charge >= 0.3 is 12.1 Å². The smallest absolute Gasteiger partial charge is 0.410 e. The number of piperazine rings is 1. The molecule has 11 heteroatoms. The predicted octanol–water partition coefficient (Wildman–Crippen LogP) is 1.91. The Balaban J connectivity index is 1.29. The fourth-order valence-electron chi connectivity index (χ4n) is 5.99. The fraction of sp³-hybridized carbons (Fsp3) is 0.826. The number of amides is 1. The minimum atomic E-state index is -0.831. The van der Waals surface area contributed by atoms with Gasteiger partial charge in [-0.3, -0.25) is 9.80 Å². The summed E-state index contributed by atoms with van der Waals surface area (Å²) in [7, 11) is 0. The second-order valence-electron chi connectivity index (χ2n) is 11.0. The number of aliphatic hydroxyl groups excluding tert-OH is 1. The number of halogens is 1. The number of rotatable bonds is 5. The first-order chi connectivity index (χ1) is 16.2. The summed E-state index contributed by atoms with van der Waals surface area (Å²) < 4.78 is 25.7. The normalized spacial score (nSPS) is 31.1. The molecule has 1 aromatic heterocycles. The summed E-state index contributed by atoms with van der Waals surface area (Å²) in [5, 5.41) is 9.73. The molecule has 0 aromatic carbocycles. The molecule has 5 rings (SSSR count). The van der Waals surface area contributed by atoms with Crippen molar-refractivity contribution in [3.8, 4) is 6.01 Å². The predicted molar refractivity (Wildman–Crippen MR) is 121 cm³/mol. The van der Waals surface area contributed by atoms with Gasteiger partial charge in [0.15, 0.2) is 5.82 Å². The molecule has 0 aliphatic carbocycles. The molecule has 1 aromatic rings. The molecule has 188 valence electrons. The van der Waals surface area contributed by atoms with Crippen LogP contribution in [0.5, 0.6) is 6.01 Å². The first-order valence-corrected chi connectivity index (χ1v) is 12.3. The van der Waals surface area contributed by atoms with Gasteiger partial charge in [-0.15, -0.1) is 0 Å². The van der Waals surface area contributed by atoms with E-state index < -0.39 is 11.8 Å². The van der Waals surface area contributed by atoms with Crippen LogP contribution in [0.3, 0.4) is 0 Å². The molecular weight excluding hydrogens is 443 g/mol. The number of aliphatic hydroxyl groups is 1. The Kier molecular flexibility index (Phi) is 6.04. The van der Waals surface area contributed by atoms with Crippen LogP contribution in [0.1, 0.15) is 58.7 Å². The van der Waals surface area contributed by atoms with E-state index in [1.807, 2.05) is 30.6 Å². The topological polar surface area (TPSA) is 104 Å². The van der Waals surface area contributed by atoms with Crippen LogP contribution in [0.4, 0.5) is 15.1 Å². The summed E-state index contributed by atoms with van der Waals surface area (Å²) in [6, 6.07) is 0.177. The Morgan fingerprint density at radius 1 is 1.18 bits per heavy atom. The van der Waals surface area contributed by atoms with Crippen LogP contribution < -0.4 is 9.64 Å². The molecule has 34 heavy (non-hydrogen) atoms. The second kappa shape index (κ2) is 8.75. The maximum absolute atomic E-state index is 14.1. The Labute approximate surface area is 199 Å². The quantitative estimate of drug-likeness (QED) is 0.679. The van der Waals surface area contributed by atoms with Gasteiger partial charge in [-0.05, 0) is 53.0 Å². The van der Waals surface area contributed by atoms with Gasteiger partial charge in [0.05, 0.1) is 17.6 Å². The Hall–Kier alpha value is -2.27. The SMILES string of the molecule is CC(C)(C)OC(=O)N1[C@@H]2CC[C@H]1CN(c1nc(CO)nc(OC[C@@]34CCCN3C[C@H](F)C4)n1)C2. The second-order valence-corrected chi connectivity index (χ2v) is 11.0. The number of aromatic nitrogens is 3. The summed E-state index contributed by atoms with van der Waals surface area (Å²) in [6.07, 6.45) is 3.07. The van der Waals surface area contributed by atoms with Crippen molar-refractivity contribution < 1.29 is 23.8 Å². The zero-order chi connectivity index (χ0) is 24.1. The molecule has 4 saturated heterocycles. The van der Waals surface area contributed by atoms with Gasteiger partial charge in [-0.2, -0.15) is 15.0 Å². The molecule has 0 saturated carbocycles. The molecule has 4 aliphatic heterocycles. The molecule has 4 atom stereocenters. The van der Waals surface area contributed by atoms with Crippen LogP contribution in [0.25, 0.3) is 0 Å². The van der Waals surface area contributed by atoms with Gasteiger partial charge in [0.1, 0.15) is 25.0 Å². The van der Waals surface area contributed by atoms with Crippen LogP contribution >= 0.6 is 0 Å². The third-order valence-electron chi connectivity index (χ3n) is 7.39. The zero-order valence-corrected chi connectivity index (χ0v) is 20.2. The van der Waals surface area contributed by atoms with Crippen LogP contribution in [0.15, 0.2) is 0 Å². The highest BCUT2D eigenvalue weighted by Gasteiger charge is 2.49. The lowest BCUT2D eigenvalue weighted by atomic mass is 9.95. The van der Waals surface area contributed by atoms with Crippen molar-refractivity contribution in [2.45, 2.75) is 88.9 Å². The highest BCUT2D eigenvalue weighted by atomic mass is 19.1. The molecule has 0 spiro atoms. The average molecular weight is 479 g/mol. The van der Waals surface area contributed by atoms with E-state index in [0.717, 1.165) is 32.2 Å². The Morgan fingerprint density at radius 2 is 1.91 bits per heavy atom. The number of ether oxygens (including phenoxy) is 2. The number of carbonyl (C=O) groups excluding carboxylic acids is 1. The van der Waals surface area contributed by atoms with Crippen molar-refractivity contribution in [3.63, 3.8) is 0 Å². The zero-order valence-electron chi connectivity index (χ0n) is 20.2. The largest absolute Gasteiger partial charge is 0.461 e. The molecule has 1 N–H and O–H groups in total. The highest BCUT2D eigenvalue weighted by Crippen LogP contribution is 2.40. The van der Waals surface area contributed by atoms with E-state index in [-0.39, 0.29) is 42.2 Å². The van der Waals surface area contributed by atoms with Crippen molar-refractivity contribution in [3.05, 3.63) is 5.82 Å². The standard InChI is InChI=1S/C23H35FN6O4/c1-22(2,3)34-21(32)30-16-5-6-17(30)12-28(11-16)19-25-18(13-31)26-20(27-19)33-14-23-7-4-8-29(23)10-15(24)9-23/h15-17,31H,4-14H2,1-3H3/t15-,16-,17+,23+/m1/s1.